The second-order valence-electron chi connectivity index (χ2n) is 10.9. The van der Waals surface area contributed by atoms with Crippen LogP contribution in [0.4, 0.5) is 0 Å². The largest absolute Gasteiger partial charge is 0.510 e. The van der Waals surface area contributed by atoms with Crippen molar-refractivity contribution in [3.8, 4) is 0 Å². The van der Waals surface area contributed by atoms with E-state index in [-0.39, 0.29) is 5.76 Å². The van der Waals surface area contributed by atoms with Gasteiger partial charge >= 0.3 is 11.9 Å². The van der Waals surface area contributed by atoms with E-state index < -0.39 is 17.9 Å². The molecule has 1 aromatic heterocycles. The monoisotopic (exact) mass is 586 g/mol. The van der Waals surface area contributed by atoms with Crippen molar-refractivity contribution >= 4 is 47.3 Å². The zero-order valence-electron chi connectivity index (χ0n) is 25.0. The molecular weight excluding hydrogens is 556 g/mol. The molecule has 9 heteroatoms. The van der Waals surface area contributed by atoms with Gasteiger partial charge in [0.15, 0.2) is 0 Å². The maximum atomic E-state index is 13.2. The summed E-state index contributed by atoms with van der Waals surface area (Å²) in [6, 6.07) is 0. The molecule has 4 aliphatic heterocycles. The Bertz CT molecular complexity index is 2110. The summed E-state index contributed by atoms with van der Waals surface area (Å²) in [5.41, 5.74) is 9.47. The number of fused-ring (bicyclic) bond motifs is 5. The number of ether oxygens (including phenoxy) is 1. The second kappa shape index (κ2) is 10.3. The number of carbonyl (C=O) groups excluding carboxylic acids is 1. The molecule has 1 aromatic rings. The maximum Gasteiger partial charge on any atom is 0.328 e. The van der Waals surface area contributed by atoms with Crippen LogP contribution >= 0.6 is 0 Å². The number of aromatic nitrogens is 1. The number of rotatable bonds is 5. The van der Waals surface area contributed by atoms with Gasteiger partial charge in [-0.3, -0.25) is 4.79 Å². The molecule has 6 rings (SSSR count). The fourth-order valence-corrected chi connectivity index (χ4v) is 6.20. The van der Waals surface area contributed by atoms with Gasteiger partial charge < -0.3 is 19.9 Å². The fraction of sp³-hybridized carbons (Fsp3) is 0.171. The Balaban J connectivity index is 1.78. The Kier molecular flexibility index (Phi) is 6.69. The van der Waals surface area contributed by atoms with E-state index in [2.05, 4.69) is 18.1 Å². The highest BCUT2D eigenvalue weighted by Gasteiger charge is 2.47. The normalized spacial score (nSPS) is 20.6. The maximum absolute atomic E-state index is 13.2. The van der Waals surface area contributed by atoms with Gasteiger partial charge in [0, 0.05) is 44.6 Å². The van der Waals surface area contributed by atoms with Gasteiger partial charge in [0.2, 0.25) is 0 Å². The average Bonchev–Trinajstić information content (AvgIpc) is 3.72. The number of H-pyrrole nitrogens is 1. The number of carboxylic acids is 1. The van der Waals surface area contributed by atoms with Crippen LogP contribution in [0.3, 0.4) is 0 Å². The molecule has 5 heterocycles. The molecule has 0 radical (unpaired) electrons. The lowest BCUT2D eigenvalue weighted by atomic mass is 9.93. The number of hydrogen-bond acceptors (Lipinski definition) is 7. The number of carbonyl (C=O) groups is 2. The number of nitrogens with zero attached hydrogens (tertiary/aromatic N) is 3. The number of aromatic amines is 1. The molecule has 0 unspecified atom stereocenters. The Hall–Kier alpha value is -5.57. The molecule has 0 aromatic carbocycles. The fourth-order valence-electron chi connectivity index (χ4n) is 6.20. The average molecular weight is 587 g/mol. The zero-order chi connectivity index (χ0) is 31.6. The molecule has 220 valence electrons. The smallest absolute Gasteiger partial charge is 0.328 e. The van der Waals surface area contributed by atoms with Crippen molar-refractivity contribution in [2.75, 3.05) is 7.11 Å². The van der Waals surface area contributed by atoms with Crippen molar-refractivity contribution in [1.29, 1.82) is 0 Å². The molecule has 44 heavy (non-hydrogen) atoms. The predicted octanol–water partition coefficient (Wildman–Crippen LogP) is 4.39. The molecule has 0 spiro atoms. The van der Waals surface area contributed by atoms with Gasteiger partial charge in [0.25, 0.3) is 0 Å². The summed E-state index contributed by atoms with van der Waals surface area (Å²) in [5, 5.41) is 22.6. The van der Waals surface area contributed by atoms with Crippen LogP contribution in [0.2, 0.25) is 0 Å². The standard InChI is InChI=1S/C35H30N4O5/c1-8-19-15(3)22-12-24-17(5)21(10-11-28(40)41)32(38-24)30-31(35(43)44-7)34(42)29-18(6)25(39-33(29)30)14-27-20(9-2)16(4)23(37-27)13-26(19)36-22/h8-14,31,36,42H,1-2H2,3-7H3,(H,40,41)/t31-/m1/s1. The SMILES string of the molecule is C=CC1=C(C)C2=NC1=CC1=C(C)C3=C(O)[C@H](C(=O)OC)C(=C4N=C(C=c5[nH]c(c(C=C)c5C)=C2)C(C)=C4C=CC(=O)O)C3=N1. The molecule has 1 aliphatic carbocycles. The first-order valence-electron chi connectivity index (χ1n) is 14.0. The van der Waals surface area contributed by atoms with Crippen molar-refractivity contribution in [3.05, 3.63) is 121 Å². The number of nitrogens with one attached hydrogen (secondary N) is 1. The third-order valence-electron chi connectivity index (χ3n) is 8.58. The first kappa shape index (κ1) is 28.5. The number of aliphatic carboxylic acids is 1. The molecule has 0 saturated heterocycles. The lowest BCUT2D eigenvalue weighted by Gasteiger charge is -2.14. The van der Waals surface area contributed by atoms with Crippen LogP contribution in [0, 0.1) is 12.8 Å². The summed E-state index contributed by atoms with van der Waals surface area (Å²) >= 11 is 0. The molecule has 0 amide bonds. The van der Waals surface area contributed by atoms with Crippen LogP contribution in [0.5, 0.6) is 0 Å². The van der Waals surface area contributed by atoms with E-state index in [0.717, 1.165) is 44.8 Å². The summed E-state index contributed by atoms with van der Waals surface area (Å²) in [7, 11) is 1.25. The minimum absolute atomic E-state index is 0.197. The van der Waals surface area contributed by atoms with Crippen molar-refractivity contribution in [1.82, 2.24) is 4.98 Å². The van der Waals surface area contributed by atoms with Crippen LogP contribution in [0.25, 0.3) is 18.2 Å². The van der Waals surface area contributed by atoms with E-state index in [1.54, 1.807) is 12.2 Å². The third kappa shape index (κ3) is 4.11. The zero-order valence-corrected chi connectivity index (χ0v) is 25.0. The van der Waals surface area contributed by atoms with Gasteiger partial charge in [-0.05, 0) is 74.3 Å². The van der Waals surface area contributed by atoms with E-state index in [1.165, 1.54) is 13.2 Å². The highest BCUT2D eigenvalue weighted by atomic mass is 16.5. The number of carboxylic acid groups (broad SMARTS) is 1. The van der Waals surface area contributed by atoms with Gasteiger partial charge in [-0.15, -0.1) is 0 Å². The molecular formula is C35H30N4O5. The van der Waals surface area contributed by atoms with Crippen LogP contribution in [-0.2, 0) is 14.3 Å². The Morgan fingerprint density at radius 1 is 0.932 bits per heavy atom. The molecule has 0 saturated carbocycles. The van der Waals surface area contributed by atoms with Crippen LogP contribution in [0.1, 0.15) is 31.9 Å². The summed E-state index contributed by atoms with van der Waals surface area (Å²) in [6.07, 6.45) is 11.7. The quantitative estimate of drug-likeness (QED) is 0.347. The number of allylic oxidation sites excluding steroid dienone is 7. The highest BCUT2D eigenvalue weighted by Crippen LogP contribution is 2.47. The van der Waals surface area contributed by atoms with Gasteiger partial charge in [-0.25, -0.2) is 19.8 Å². The topological polar surface area (TPSA) is 137 Å². The van der Waals surface area contributed by atoms with E-state index >= 15 is 0 Å². The second-order valence-corrected chi connectivity index (χ2v) is 10.9. The molecule has 9 nitrogen and oxygen atoms in total. The van der Waals surface area contributed by atoms with E-state index in [1.807, 2.05) is 45.9 Å². The first-order chi connectivity index (χ1) is 21.0. The van der Waals surface area contributed by atoms with Crippen LogP contribution < -0.4 is 10.7 Å². The van der Waals surface area contributed by atoms with E-state index in [9.17, 15) is 19.8 Å². The number of methoxy groups -OCH3 is 1. The number of aliphatic imine (C=N–C) groups is 3. The van der Waals surface area contributed by atoms with Crippen LogP contribution in [0.15, 0.2) is 114 Å². The number of aliphatic hydroxyl groups is 1. The van der Waals surface area contributed by atoms with Crippen molar-refractivity contribution in [2.24, 2.45) is 20.9 Å². The molecule has 0 fully saturated rings. The predicted molar refractivity (Wildman–Crippen MR) is 171 cm³/mol. The Labute approximate surface area is 253 Å². The summed E-state index contributed by atoms with van der Waals surface area (Å²) in [5.74, 6) is -3.21. The molecule has 1 atom stereocenters. The number of aliphatic hydroxyl groups excluding tert-OH is 1. The van der Waals surface area contributed by atoms with Crippen LogP contribution in [-0.4, -0.2) is 51.4 Å². The minimum atomic E-state index is -1.20. The van der Waals surface area contributed by atoms with Crippen molar-refractivity contribution in [3.63, 3.8) is 0 Å². The summed E-state index contributed by atoms with van der Waals surface area (Å²) < 4.78 is 5.11. The first-order valence-corrected chi connectivity index (χ1v) is 14.0. The lowest BCUT2D eigenvalue weighted by molar-refractivity contribution is -0.143. The van der Waals surface area contributed by atoms with Gasteiger partial charge in [-0.1, -0.05) is 25.3 Å². The van der Waals surface area contributed by atoms with Gasteiger partial charge in [0.1, 0.15) is 11.7 Å². The summed E-state index contributed by atoms with van der Waals surface area (Å²) in [4.78, 5) is 43.1. The minimum Gasteiger partial charge on any atom is -0.510 e. The number of hydrogen-bond donors (Lipinski definition) is 3. The number of esters is 1. The molecule has 3 N–H and O–H groups in total. The summed E-state index contributed by atoms with van der Waals surface area (Å²) in [6.45, 7) is 15.7. The van der Waals surface area contributed by atoms with Crippen molar-refractivity contribution < 1.29 is 24.5 Å². The highest BCUT2D eigenvalue weighted by molar-refractivity contribution is 6.28. The van der Waals surface area contributed by atoms with Gasteiger partial charge in [0.05, 0.1) is 41.3 Å². The van der Waals surface area contributed by atoms with E-state index in [0.29, 0.717) is 56.4 Å². The molecule has 5 aliphatic rings. The van der Waals surface area contributed by atoms with E-state index in [4.69, 9.17) is 19.7 Å². The Morgan fingerprint density at radius 2 is 1.61 bits per heavy atom. The van der Waals surface area contributed by atoms with Crippen molar-refractivity contribution in [2.45, 2.75) is 27.7 Å². The molecule has 8 bridgehead atoms. The lowest BCUT2D eigenvalue weighted by Crippen LogP contribution is -2.20. The Morgan fingerprint density at radius 3 is 2.27 bits per heavy atom. The third-order valence-corrected chi connectivity index (χ3v) is 8.58. The van der Waals surface area contributed by atoms with Gasteiger partial charge in [-0.2, -0.15) is 0 Å².